The van der Waals surface area contributed by atoms with Gasteiger partial charge in [0, 0.05) is 13.0 Å². The number of carbonyl (C=O) groups is 2. The molecule has 1 aromatic rings. The lowest BCUT2D eigenvalue weighted by Crippen LogP contribution is -2.40. The van der Waals surface area contributed by atoms with Gasteiger partial charge in [-0.05, 0) is 37.5 Å². The lowest BCUT2D eigenvalue weighted by molar-refractivity contribution is -0.132. The Morgan fingerprint density at radius 1 is 1.29 bits per heavy atom. The Hall–Kier alpha value is -1.88. The summed E-state index contributed by atoms with van der Waals surface area (Å²) in [5.41, 5.74) is 1.19. The summed E-state index contributed by atoms with van der Waals surface area (Å²) in [5.74, 6) is -0.242. The van der Waals surface area contributed by atoms with Crippen molar-refractivity contribution < 1.29 is 19.4 Å². The highest BCUT2D eigenvalue weighted by molar-refractivity contribution is 5.89. The van der Waals surface area contributed by atoms with Crippen LogP contribution in [-0.4, -0.2) is 41.1 Å². The number of benzene rings is 1. The number of amides is 1. The van der Waals surface area contributed by atoms with Gasteiger partial charge in [-0.25, -0.2) is 4.79 Å². The highest BCUT2D eigenvalue weighted by atomic mass is 16.5. The number of unbranched alkanes of at least 4 members (excludes halogenated alkanes) is 1. The van der Waals surface area contributed by atoms with Gasteiger partial charge in [-0.3, -0.25) is 4.79 Å². The Kier molecular flexibility index (Phi) is 6.79. The molecule has 2 unspecified atom stereocenters. The van der Waals surface area contributed by atoms with Gasteiger partial charge in [0.1, 0.15) is 0 Å². The number of carbonyl (C=O) groups excluding carboxylic acids is 2. The van der Waals surface area contributed by atoms with Crippen LogP contribution in [0.1, 0.15) is 68.0 Å². The average Bonchev–Trinajstić information content (AvgIpc) is 3.01. The Morgan fingerprint density at radius 2 is 2.00 bits per heavy atom. The van der Waals surface area contributed by atoms with Crippen LogP contribution in [0.3, 0.4) is 0 Å². The highest BCUT2D eigenvalue weighted by Crippen LogP contribution is 2.28. The van der Waals surface area contributed by atoms with Crippen molar-refractivity contribution in [3.8, 4) is 0 Å². The molecule has 0 aromatic heterocycles. The minimum Gasteiger partial charge on any atom is -0.462 e. The zero-order chi connectivity index (χ0) is 17.5. The second-order valence-electron chi connectivity index (χ2n) is 6.19. The van der Waals surface area contributed by atoms with Crippen LogP contribution in [0, 0.1) is 0 Å². The van der Waals surface area contributed by atoms with E-state index in [2.05, 4.69) is 6.92 Å². The molecule has 1 aromatic carbocycles. The number of likely N-dealkylation sites (tertiary alicyclic amines) is 1. The maximum absolute atomic E-state index is 12.1. The molecular weight excluding hydrogens is 306 g/mol. The number of rotatable bonds is 8. The van der Waals surface area contributed by atoms with E-state index in [9.17, 15) is 14.7 Å². The molecule has 0 radical (unpaired) electrons. The summed E-state index contributed by atoms with van der Waals surface area (Å²) in [6.45, 7) is 4.91. The number of nitrogens with zero attached hydrogens (tertiary/aromatic N) is 1. The van der Waals surface area contributed by atoms with Crippen molar-refractivity contribution in [1.82, 2.24) is 4.90 Å². The van der Waals surface area contributed by atoms with E-state index in [-0.39, 0.29) is 17.9 Å². The smallest absolute Gasteiger partial charge is 0.338 e. The van der Waals surface area contributed by atoms with Crippen molar-refractivity contribution in [3.05, 3.63) is 35.4 Å². The van der Waals surface area contributed by atoms with E-state index in [1.165, 1.54) is 0 Å². The van der Waals surface area contributed by atoms with Gasteiger partial charge in [-0.15, -0.1) is 0 Å². The third kappa shape index (κ3) is 4.35. The van der Waals surface area contributed by atoms with E-state index >= 15 is 0 Å². The lowest BCUT2D eigenvalue weighted by atomic mass is 9.95. The Morgan fingerprint density at radius 3 is 2.54 bits per heavy atom. The molecule has 0 spiro atoms. The quantitative estimate of drug-likeness (QED) is 0.743. The zero-order valence-electron chi connectivity index (χ0n) is 14.5. The third-order valence-electron chi connectivity index (χ3n) is 4.49. The Bertz CT molecular complexity index is 555. The Labute approximate surface area is 143 Å². The molecule has 2 atom stereocenters. The number of aliphatic hydroxyl groups excluding tert-OH is 1. The number of esters is 1. The second kappa shape index (κ2) is 8.83. The number of hydrogen-bond acceptors (Lipinski definition) is 4. The van der Waals surface area contributed by atoms with E-state index in [1.807, 2.05) is 4.90 Å². The van der Waals surface area contributed by atoms with Crippen LogP contribution in [0.5, 0.6) is 0 Å². The predicted octanol–water partition coefficient (Wildman–Crippen LogP) is 3.08. The summed E-state index contributed by atoms with van der Waals surface area (Å²) in [6, 6.07) is 6.62. The first kappa shape index (κ1) is 18.5. The summed E-state index contributed by atoms with van der Waals surface area (Å²) < 4.78 is 4.97. The number of aliphatic hydroxyl groups is 1. The molecule has 1 aliphatic rings. The summed E-state index contributed by atoms with van der Waals surface area (Å²) in [5, 5.41) is 10.8. The molecule has 132 valence electrons. The van der Waals surface area contributed by atoms with Gasteiger partial charge in [0.2, 0.25) is 5.91 Å². The van der Waals surface area contributed by atoms with Crippen LogP contribution in [-0.2, 0) is 9.53 Å². The molecule has 2 rings (SSSR count). The van der Waals surface area contributed by atoms with Crippen LogP contribution < -0.4 is 0 Å². The summed E-state index contributed by atoms with van der Waals surface area (Å²) in [6.07, 6.45) is 3.45. The van der Waals surface area contributed by atoms with Crippen molar-refractivity contribution in [1.29, 1.82) is 0 Å². The van der Waals surface area contributed by atoms with Crippen LogP contribution in [0.15, 0.2) is 24.3 Å². The van der Waals surface area contributed by atoms with Gasteiger partial charge < -0.3 is 14.7 Å². The topological polar surface area (TPSA) is 66.8 Å². The van der Waals surface area contributed by atoms with Crippen LogP contribution in [0.2, 0.25) is 0 Å². The van der Waals surface area contributed by atoms with Gasteiger partial charge in [0.05, 0.1) is 24.3 Å². The summed E-state index contributed by atoms with van der Waals surface area (Å²) in [7, 11) is 0. The molecule has 0 saturated carbocycles. The Balaban J connectivity index is 2.14. The molecule has 0 bridgehead atoms. The number of ether oxygens (including phenoxy) is 1. The first-order valence-corrected chi connectivity index (χ1v) is 8.83. The van der Waals surface area contributed by atoms with Gasteiger partial charge in [0.25, 0.3) is 0 Å². The monoisotopic (exact) mass is 333 g/mol. The standard InChI is InChI=1S/C19H27NO4/c1-3-5-7-16(20-13-6-8-17(20)21)18(22)14-9-11-15(12-10-14)19(23)24-4-2/h9-12,16,18,22H,3-8,13H2,1-2H3. The first-order chi connectivity index (χ1) is 11.6. The van der Waals surface area contributed by atoms with Gasteiger partial charge in [0.15, 0.2) is 0 Å². The molecular formula is C19H27NO4. The van der Waals surface area contributed by atoms with Gasteiger partial charge >= 0.3 is 5.97 Å². The fourth-order valence-corrected chi connectivity index (χ4v) is 3.17. The molecule has 24 heavy (non-hydrogen) atoms. The SMILES string of the molecule is CCCCC(C(O)c1ccc(C(=O)OCC)cc1)N1CCCC1=O. The van der Waals surface area contributed by atoms with E-state index in [0.717, 1.165) is 31.2 Å². The molecule has 0 aliphatic carbocycles. The van der Waals surface area contributed by atoms with Crippen molar-refractivity contribution in [2.45, 2.75) is 58.1 Å². The molecule has 1 saturated heterocycles. The minimum absolute atomic E-state index is 0.123. The molecule has 1 N–H and O–H groups in total. The van der Waals surface area contributed by atoms with E-state index < -0.39 is 6.10 Å². The van der Waals surface area contributed by atoms with E-state index in [0.29, 0.717) is 25.1 Å². The highest BCUT2D eigenvalue weighted by Gasteiger charge is 2.32. The fourth-order valence-electron chi connectivity index (χ4n) is 3.17. The summed E-state index contributed by atoms with van der Waals surface area (Å²) >= 11 is 0. The van der Waals surface area contributed by atoms with Crippen LogP contribution >= 0.6 is 0 Å². The second-order valence-corrected chi connectivity index (χ2v) is 6.19. The maximum Gasteiger partial charge on any atom is 0.338 e. The van der Waals surface area contributed by atoms with Crippen LogP contribution in [0.25, 0.3) is 0 Å². The molecule has 5 heteroatoms. The third-order valence-corrected chi connectivity index (χ3v) is 4.49. The first-order valence-electron chi connectivity index (χ1n) is 8.83. The van der Waals surface area contributed by atoms with Gasteiger partial charge in [-0.2, -0.15) is 0 Å². The molecule has 1 fully saturated rings. The minimum atomic E-state index is -0.741. The van der Waals surface area contributed by atoms with Crippen molar-refractivity contribution in [2.75, 3.05) is 13.2 Å². The molecule has 5 nitrogen and oxygen atoms in total. The van der Waals surface area contributed by atoms with E-state index in [4.69, 9.17) is 4.74 Å². The van der Waals surface area contributed by atoms with Crippen molar-refractivity contribution in [2.24, 2.45) is 0 Å². The molecule has 1 heterocycles. The zero-order valence-corrected chi connectivity index (χ0v) is 14.5. The molecule has 1 aliphatic heterocycles. The van der Waals surface area contributed by atoms with Crippen molar-refractivity contribution >= 4 is 11.9 Å². The molecule has 1 amide bonds. The largest absolute Gasteiger partial charge is 0.462 e. The van der Waals surface area contributed by atoms with Crippen LogP contribution in [0.4, 0.5) is 0 Å². The van der Waals surface area contributed by atoms with Crippen molar-refractivity contribution in [3.63, 3.8) is 0 Å². The predicted molar refractivity (Wildman–Crippen MR) is 91.6 cm³/mol. The number of hydrogen-bond donors (Lipinski definition) is 1. The maximum atomic E-state index is 12.1. The average molecular weight is 333 g/mol. The van der Waals surface area contributed by atoms with Gasteiger partial charge in [-0.1, -0.05) is 31.9 Å². The summed E-state index contributed by atoms with van der Waals surface area (Å²) in [4.78, 5) is 25.6. The fraction of sp³-hybridized carbons (Fsp3) is 0.579. The van der Waals surface area contributed by atoms with E-state index in [1.54, 1.807) is 31.2 Å². The lowest BCUT2D eigenvalue weighted by Gasteiger charge is -2.32. The normalized spacial score (nSPS) is 17.0.